The number of aromatic nitrogens is 2. The fraction of sp³-hybridized carbons (Fsp3) is 0.0769. The molecule has 0 amide bonds. The van der Waals surface area contributed by atoms with Crippen LogP contribution in [0.2, 0.25) is 0 Å². The van der Waals surface area contributed by atoms with Gasteiger partial charge in [-0.05, 0) is 48.2 Å². The number of nitrogens with zero attached hydrogens (tertiary/aromatic N) is 2. The van der Waals surface area contributed by atoms with E-state index in [9.17, 15) is 0 Å². The Morgan fingerprint density at radius 1 is 0.517 bits per heavy atom. The lowest BCUT2D eigenvalue weighted by Crippen LogP contribution is -1.94. The number of pyridine rings is 2. The predicted octanol–water partition coefficient (Wildman–Crippen LogP) is 5.55. The number of aryl methyl sites for hydroxylation is 2. The van der Waals surface area contributed by atoms with E-state index < -0.39 is 0 Å². The SMILES string of the molecule is Cc1cc(-c2ccccc2)c2ccc3c(-c4ccccc4)cc(C)nc3c2n1.[AlH3]. The molecule has 140 valence electrons. The number of benzene rings is 3. The molecule has 0 fully saturated rings. The quantitative estimate of drug-likeness (QED) is 0.292. The minimum atomic E-state index is 0. The zero-order valence-electron chi connectivity index (χ0n) is 16.0. The summed E-state index contributed by atoms with van der Waals surface area (Å²) in [5.74, 6) is 0. The summed E-state index contributed by atoms with van der Waals surface area (Å²) >= 11 is 0. The van der Waals surface area contributed by atoms with Crippen molar-refractivity contribution in [2.45, 2.75) is 13.8 Å². The fourth-order valence-electron chi connectivity index (χ4n) is 3.94. The molecule has 0 atom stereocenters. The fourth-order valence-corrected chi connectivity index (χ4v) is 3.94. The molecule has 5 aromatic rings. The van der Waals surface area contributed by atoms with Gasteiger partial charge in [0.2, 0.25) is 0 Å². The lowest BCUT2D eigenvalue weighted by molar-refractivity contribution is 1.23. The van der Waals surface area contributed by atoms with Crippen LogP contribution < -0.4 is 0 Å². The molecule has 0 N–H and O–H groups in total. The Labute approximate surface area is 181 Å². The Morgan fingerprint density at radius 2 is 0.897 bits per heavy atom. The average molecular weight is 390 g/mol. The van der Waals surface area contributed by atoms with Crippen molar-refractivity contribution in [3.05, 3.63) is 96.3 Å². The second-order valence-electron chi connectivity index (χ2n) is 7.21. The molecular weight excluding hydrogens is 367 g/mol. The van der Waals surface area contributed by atoms with Crippen molar-refractivity contribution in [1.29, 1.82) is 0 Å². The molecule has 0 aliphatic carbocycles. The number of hydrogen-bond acceptors (Lipinski definition) is 2. The van der Waals surface area contributed by atoms with Crippen molar-refractivity contribution in [2.75, 3.05) is 0 Å². The van der Waals surface area contributed by atoms with Crippen molar-refractivity contribution in [3.8, 4) is 22.3 Å². The maximum Gasteiger partial charge on any atom is 0.187 e. The smallest absolute Gasteiger partial charge is 0.187 e. The van der Waals surface area contributed by atoms with Gasteiger partial charge in [-0.15, -0.1) is 0 Å². The molecule has 0 spiro atoms. The predicted molar refractivity (Wildman–Crippen MR) is 127 cm³/mol. The van der Waals surface area contributed by atoms with Crippen LogP contribution in [-0.2, 0) is 0 Å². The first kappa shape index (κ1) is 19.3. The molecule has 0 aliphatic heterocycles. The largest absolute Gasteiger partial charge is 0.251 e. The summed E-state index contributed by atoms with van der Waals surface area (Å²) in [5.41, 5.74) is 8.76. The first-order chi connectivity index (χ1) is 13.7. The molecule has 2 aromatic heterocycles. The molecule has 5 rings (SSSR count). The van der Waals surface area contributed by atoms with Gasteiger partial charge in [0.1, 0.15) is 0 Å². The van der Waals surface area contributed by atoms with Crippen molar-refractivity contribution < 1.29 is 0 Å². The van der Waals surface area contributed by atoms with Gasteiger partial charge in [0.15, 0.2) is 17.4 Å². The van der Waals surface area contributed by atoms with Gasteiger partial charge in [-0.1, -0.05) is 72.8 Å². The second-order valence-corrected chi connectivity index (χ2v) is 7.21. The molecule has 2 nitrogen and oxygen atoms in total. The molecular formula is C26H23AlN2. The van der Waals surface area contributed by atoms with Gasteiger partial charge in [-0.3, -0.25) is 9.97 Å². The molecule has 0 saturated carbocycles. The Kier molecular flexibility index (Phi) is 5.20. The van der Waals surface area contributed by atoms with E-state index in [2.05, 4.69) is 86.6 Å². The average Bonchev–Trinajstić information content (AvgIpc) is 2.74. The Hall–Kier alpha value is -2.99. The molecule has 0 bridgehead atoms. The minimum Gasteiger partial charge on any atom is -0.251 e. The summed E-state index contributed by atoms with van der Waals surface area (Å²) in [5, 5.41) is 2.28. The van der Waals surface area contributed by atoms with Gasteiger partial charge in [-0.25, -0.2) is 0 Å². The van der Waals surface area contributed by atoms with Crippen LogP contribution in [-0.4, -0.2) is 27.3 Å². The van der Waals surface area contributed by atoms with Gasteiger partial charge in [0.25, 0.3) is 0 Å². The van der Waals surface area contributed by atoms with E-state index in [0.717, 1.165) is 33.2 Å². The molecule has 3 heteroatoms. The molecule has 0 saturated heterocycles. The summed E-state index contributed by atoms with van der Waals surface area (Å²) in [6.45, 7) is 4.11. The first-order valence-electron chi connectivity index (χ1n) is 9.53. The van der Waals surface area contributed by atoms with E-state index in [-0.39, 0.29) is 17.4 Å². The highest BCUT2D eigenvalue weighted by Gasteiger charge is 2.13. The summed E-state index contributed by atoms with van der Waals surface area (Å²) in [6.07, 6.45) is 0. The Morgan fingerprint density at radius 3 is 1.28 bits per heavy atom. The van der Waals surface area contributed by atoms with Crippen molar-refractivity contribution >= 4 is 39.2 Å². The topological polar surface area (TPSA) is 25.8 Å². The third kappa shape index (κ3) is 3.44. The normalized spacial score (nSPS) is 10.8. The maximum absolute atomic E-state index is 4.90. The van der Waals surface area contributed by atoms with Crippen molar-refractivity contribution in [3.63, 3.8) is 0 Å². The Balaban J connectivity index is 0.00000205. The van der Waals surface area contributed by atoms with E-state index in [1.54, 1.807) is 0 Å². The van der Waals surface area contributed by atoms with Crippen LogP contribution in [0.1, 0.15) is 11.4 Å². The van der Waals surface area contributed by atoms with Crippen LogP contribution in [0, 0.1) is 13.8 Å². The third-order valence-corrected chi connectivity index (χ3v) is 5.18. The number of fused-ring (bicyclic) bond motifs is 3. The standard InChI is InChI=1S/C26H20N2.Al.3H/c1-17-15-23(19-9-5-3-6-10-19)21-13-14-22-24(20-11-7-4-8-12-20)16-18(2)28-26(22)25(21)27-17;;;;/h3-16H,1-2H3;;;;. The number of rotatable bonds is 2. The van der Waals surface area contributed by atoms with Gasteiger partial charge < -0.3 is 0 Å². The van der Waals surface area contributed by atoms with Crippen molar-refractivity contribution in [1.82, 2.24) is 9.97 Å². The summed E-state index contributed by atoms with van der Waals surface area (Å²) in [4.78, 5) is 9.81. The van der Waals surface area contributed by atoms with Crippen LogP contribution in [0.25, 0.3) is 44.1 Å². The highest BCUT2D eigenvalue weighted by molar-refractivity contribution is 6.12. The lowest BCUT2D eigenvalue weighted by Gasteiger charge is -2.13. The van der Waals surface area contributed by atoms with Crippen LogP contribution in [0.5, 0.6) is 0 Å². The van der Waals surface area contributed by atoms with Gasteiger partial charge in [0.05, 0.1) is 11.0 Å². The van der Waals surface area contributed by atoms with Gasteiger partial charge in [0, 0.05) is 22.2 Å². The summed E-state index contributed by atoms with van der Waals surface area (Å²) < 4.78 is 0. The summed E-state index contributed by atoms with van der Waals surface area (Å²) in [6, 6.07) is 29.7. The molecule has 0 unspecified atom stereocenters. The van der Waals surface area contributed by atoms with E-state index in [0.29, 0.717) is 0 Å². The van der Waals surface area contributed by atoms with E-state index in [1.165, 1.54) is 22.3 Å². The van der Waals surface area contributed by atoms with E-state index in [1.807, 2.05) is 12.1 Å². The number of hydrogen-bond donors (Lipinski definition) is 0. The highest BCUT2D eigenvalue weighted by atomic mass is 27.0. The van der Waals surface area contributed by atoms with Gasteiger partial charge in [-0.2, -0.15) is 0 Å². The first-order valence-corrected chi connectivity index (χ1v) is 9.53. The maximum atomic E-state index is 4.90. The van der Waals surface area contributed by atoms with E-state index >= 15 is 0 Å². The molecule has 0 radical (unpaired) electrons. The van der Waals surface area contributed by atoms with Crippen LogP contribution in [0.15, 0.2) is 84.9 Å². The molecule has 29 heavy (non-hydrogen) atoms. The summed E-state index contributed by atoms with van der Waals surface area (Å²) in [7, 11) is 0. The van der Waals surface area contributed by atoms with Crippen LogP contribution in [0.4, 0.5) is 0 Å². The Bertz CT molecular complexity index is 1210. The van der Waals surface area contributed by atoms with Crippen LogP contribution >= 0.6 is 0 Å². The molecule has 2 heterocycles. The van der Waals surface area contributed by atoms with Crippen molar-refractivity contribution in [2.24, 2.45) is 0 Å². The lowest BCUT2D eigenvalue weighted by atomic mass is 9.95. The molecule has 0 aliphatic rings. The zero-order valence-corrected chi connectivity index (χ0v) is 16.0. The van der Waals surface area contributed by atoms with Crippen LogP contribution in [0.3, 0.4) is 0 Å². The molecule has 3 aromatic carbocycles. The minimum absolute atomic E-state index is 0. The second kappa shape index (κ2) is 7.80. The van der Waals surface area contributed by atoms with Gasteiger partial charge >= 0.3 is 0 Å². The zero-order chi connectivity index (χ0) is 19.1. The van der Waals surface area contributed by atoms with E-state index in [4.69, 9.17) is 9.97 Å². The monoisotopic (exact) mass is 390 g/mol. The highest BCUT2D eigenvalue weighted by Crippen LogP contribution is 2.36. The third-order valence-electron chi connectivity index (χ3n) is 5.18.